The smallest absolute Gasteiger partial charge is 0.247 e. The van der Waals surface area contributed by atoms with Gasteiger partial charge in [-0.3, -0.25) is 14.4 Å². The van der Waals surface area contributed by atoms with Crippen LogP contribution in [0.25, 0.3) is 0 Å². The number of carbonyl (C=O) groups is 3. The SMILES string of the molecule is Cc1ccc(NC(=O)C2C3C=CC4(CNC(=O)C(c5ccc(F)cc5)N(Cc5cccs5)C(=O)C24)O3)cc1. The number of aryl methyl sites for hydroxylation is 1. The van der Waals surface area contributed by atoms with Gasteiger partial charge in [0.1, 0.15) is 17.5 Å². The third kappa shape index (κ3) is 4.21. The average Bonchev–Trinajstić information content (AvgIpc) is 3.65. The third-order valence-electron chi connectivity index (χ3n) is 7.52. The molecule has 194 valence electrons. The number of carbonyl (C=O) groups excluding carboxylic acids is 3. The van der Waals surface area contributed by atoms with Crippen LogP contribution < -0.4 is 10.6 Å². The van der Waals surface area contributed by atoms with Gasteiger partial charge in [0.25, 0.3) is 0 Å². The summed E-state index contributed by atoms with van der Waals surface area (Å²) in [6.45, 7) is 2.18. The first-order valence-corrected chi connectivity index (χ1v) is 13.3. The van der Waals surface area contributed by atoms with Gasteiger partial charge in [0.05, 0.1) is 31.0 Å². The minimum atomic E-state index is -1.13. The van der Waals surface area contributed by atoms with E-state index in [1.54, 1.807) is 12.2 Å². The fourth-order valence-corrected chi connectivity index (χ4v) is 6.38. The number of fused-ring (bicyclic) bond motifs is 1. The molecule has 5 atom stereocenters. The van der Waals surface area contributed by atoms with Crippen LogP contribution in [0.15, 0.2) is 78.2 Å². The fraction of sp³-hybridized carbons (Fsp3) is 0.276. The van der Waals surface area contributed by atoms with Crippen molar-refractivity contribution >= 4 is 34.7 Å². The Kier molecular flexibility index (Phi) is 6.12. The summed E-state index contributed by atoms with van der Waals surface area (Å²) in [5, 5.41) is 7.80. The second-order valence-corrected chi connectivity index (χ2v) is 11.0. The molecule has 2 saturated heterocycles. The fourth-order valence-electron chi connectivity index (χ4n) is 5.67. The number of thiophene rings is 1. The summed E-state index contributed by atoms with van der Waals surface area (Å²) in [5.41, 5.74) is 1.06. The zero-order chi connectivity index (χ0) is 26.4. The molecule has 6 rings (SSSR count). The monoisotopic (exact) mass is 531 g/mol. The number of rotatable bonds is 5. The number of amides is 3. The maximum atomic E-state index is 14.5. The molecule has 3 aromatic rings. The lowest BCUT2D eigenvalue weighted by atomic mass is 9.73. The number of anilines is 1. The predicted molar refractivity (Wildman–Crippen MR) is 141 cm³/mol. The summed E-state index contributed by atoms with van der Waals surface area (Å²) in [4.78, 5) is 44.0. The molecule has 38 heavy (non-hydrogen) atoms. The number of hydrogen-bond donors (Lipinski definition) is 2. The molecule has 0 saturated carbocycles. The normalized spacial score (nSPS) is 28.0. The highest BCUT2D eigenvalue weighted by Gasteiger charge is 2.64. The van der Waals surface area contributed by atoms with Gasteiger partial charge >= 0.3 is 0 Å². The van der Waals surface area contributed by atoms with Crippen molar-refractivity contribution in [3.8, 4) is 0 Å². The molecule has 3 aliphatic heterocycles. The second kappa shape index (κ2) is 9.49. The van der Waals surface area contributed by atoms with Crippen LogP contribution in [0.3, 0.4) is 0 Å². The molecule has 2 N–H and O–H groups in total. The number of hydrogen-bond acceptors (Lipinski definition) is 5. The number of benzene rings is 2. The molecule has 5 unspecified atom stereocenters. The van der Waals surface area contributed by atoms with Gasteiger partial charge in [-0.25, -0.2) is 4.39 Å². The summed E-state index contributed by atoms with van der Waals surface area (Å²) >= 11 is 1.47. The van der Waals surface area contributed by atoms with Crippen LogP contribution in [0.1, 0.15) is 22.0 Å². The summed E-state index contributed by atoms with van der Waals surface area (Å²) < 4.78 is 20.0. The first kappa shape index (κ1) is 24.5. The van der Waals surface area contributed by atoms with E-state index in [0.717, 1.165) is 10.4 Å². The van der Waals surface area contributed by atoms with Gasteiger partial charge in [0.15, 0.2) is 0 Å². The minimum absolute atomic E-state index is 0.0497. The largest absolute Gasteiger partial charge is 0.360 e. The van der Waals surface area contributed by atoms with Crippen LogP contribution in [-0.2, 0) is 25.7 Å². The van der Waals surface area contributed by atoms with Crippen molar-refractivity contribution < 1.29 is 23.5 Å². The highest BCUT2D eigenvalue weighted by atomic mass is 32.1. The van der Waals surface area contributed by atoms with Crippen LogP contribution in [0.2, 0.25) is 0 Å². The van der Waals surface area contributed by atoms with Gasteiger partial charge in [0.2, 0.25) is 17.7 Å². The number of ether oxygens (including phenoxy) is 1. The predicted octanol–water partition coefficient (Wildman–Crippen LogP) is 3.97. The Hall–Kier alpha value is -3.82. The quantitative estimate of drug-likeness (QED) is 0.488. The van der Waals surface area contributed by atoms with Crippen molar-refractivity contribution in [3.05, 3.63) is 100 Å². The molecule has 9 heteroatoms. The van der Waals surface area contributed by atoms with Gasteiger partial charge in [0, 0.05) is 10.6 Å². The Morgan fingerprint density at radius 2 is 1.92 bits per heavy atom. The summed E-state index contributed by atoms with van der Waals surface area (Å²) in [6.07, 6.45) is 3.01. The molecule has 3 aliphatic rings. The van der Waals surface area contributed by atoms with E-state index in [1.807, 2.05) is 48.7 Å². The first-order valence-electron chi connectivity index (χ1n) is 12.5. The molecule has 2 fully saturated rings. The van der Waals surface area contributed by atoms with Gasteiger partial charge in [-0.1, -0.05) is 48.0 Å². The molecule has 7 nitrogen and oxygen atoms in total. The highest BCUT2D eigenvalue weighted by molar-refractivity contribution is 7.09. The molecule has 2 bridgehead atoms. The van der Waals surface area contributed by atoms with Gasteiger partial charge in [-0.15, -0.1) is 11.3 Å². The summed E-state index contributed by atoms with van der Waals surface area (Å²) in [5.74, 6) is -3.13. The topological polar surface area (TPSA) is 87.7 Å². The van der Waals surface area contributed by atoms with Gasteiger partial charge < -0.3 is 20.3 Å². The van der Waals surface area contributed by atoms with Crippen LogP contribution in [-0.4, -0.2) is 40.9 Å². The molecule has 4 heterocycles. The molecule has 2 aromatic carbocycles. The Bertz CT molecular complexity index is 1410. The number of nitrogens with one attached hydrogen (secondary N) is 2. The van der Waals surface area contributed by atoms with Crippen molar-refractivity contribution in [2.24, 2.45) is 11.8 Å². The summed E-state index contributed by atoms with van der Waals surface area (Å²) in [7, 11) is 0. The Balaban J connectivity index is 1.40. The lowest BCUT2D eigenvalue weighted by Crippen LogP contribution is -2.59. The van der Waals surface area contributed by atoms with E-state index >= 15 is 0 Å². The van der Waals surface area contributed by atoms with Gasteiger partial charge in [-0.05, 0) is 48.2 Å². The standard InChI is InChI=1S/C29H26FN3O4S/c1-17-4-10-20(11-5-17)32-26(34)23-22-12-13-29(37-22)16-31-27(35)25(18-6-8-19(30)9-7-18)33(28(36)24(23)29)15-21-3-2-14-38-21/h2-14,22-25H,15-16H2,1H3,(H,31,35)(H,32,34). The Labute approximate surface area is 223 Å². The first-order chi connectivity index (χ1) is 18.3. The van der Waals surface area contributed by atoms with Gasteiger partial charge in [-0.2, -0.15) is 0 Å². The molecular weight excluding hydrogens is 505 g/mol. The van der Waals surface area contributed by atoms with Crippen LogP contribution >= 0.6 is 11.3 Å². The molecular formula is C29H26FN3O4S. The van der Waals surface area contributed by atoms with E-state index in [4.69, 9.17) is 4.74 Å². The number of halogens is 1. The van der Waals surface area contributed by atoms with Crippen LogP contribution in [0, 0.1) is 24.6 Å². The zero-order valence-electron chi connectivity index (χ0n) is 20.6. The Morgan fingerprint density at radius 3 is 2.63 bits per heavy atom. The molecule has 0 aliphatic carbocycles. The third-order valence-corrected chi connectivity index (χ3v) is 8.39. The van der Waals surface area contributed by atoms with Crippen molar-refractivity contribution in [2.45, 2.75) is 31.2 Å². The van der Waals surface area contributed by atoms with Crippen molar-refractivity contribution in [2.75, 3.05) is 11.9 Å². The lowest BCUT2D eigenvalue weighted by molar-refractivity contribution is -0.153. The molecule has 3 amide bonds. The van der Waals surface area contributed by atoms with E-state index < -0.39 is 35.4 Å². The van der Waals surface area contributed by atoms with Crippen molar-refractivity contribution in [1.82, 2.24) is 10.2 Å². The van der Waals surface area contributed by atoms with Crippen LogP contribution in [0.4, 0.5) is 10.1 Å². The average molecular weight is 532 g/mol. The maximum Gasteiger partial charge on any atom is 0.247 e. The second-order valence-electron chi connectivity index (χ2n) is 9.97. The van der Waals surface area contributed by atoms with E-state index in [0.29, 0.717) is 11.3 Å². The van der Waals surface area contributed by atoms with E-state index in [9.17, 15) is 18.8 Å². The highest BCUT2D eigenvalue weighted by Crippen LogP contribution is 2.50. The van der Waals surface area contributed by atoms with Crippen molar-refractivity contribution in [1.29, 1.82) is 0 Å². The number of nitrogens with zero attached hydrogens (tertiary/aromatic N) is 1. The molecule has 1 aromatic heterocycles. The van der Waals surface area contributed by atoms with Crippen LogP contribution in [0.5, 0.6) is 0 Å². The van der Waals surface area contributed by atoms with E-state index in [-0.39, 0.29) is 30.8 Å². The molecule has 0 radical (unpaired) electrons. The van der Waals surface area contributed by atoms with E-state index in [1.165, 1.54) is 40.5 Å². The van der Waals surface area contributed by atoms with Crippen molar-refractivity contribution in [3.63, 3.8) is 0 Å². The molecule has 1 spiro atoms. The summed E-state index contributed by atoms with van der Waals surface area (Å²) in [6, 6.07) is 15.8. The lowest BCUT2D eigenvalue weighted by Gasteiger charge is -2.41. The maximum absolute atomic E-state index is 14.5. The zero-order valence-corrected chi connectivity index (χ0v) is 21.4. The van der Waals surface area contributed by atoms with E-state index in [2.05, 4.69) is 10.6 Å². The Morgan fingerprint density at radius 1 is 1.16 bits per heavy atom. The minimum Gasteiger partial charge on any atom is -0.360 e.